The van der Waals surface area contributed by atoms with Crippen LogP contribution < -0.4 is 4.90 Å². The molecule has 0 radical (unpaired) electrons. The summed E-state index contributed by atoms with van der Waals surface area (Å²) in [5.41, 5.74) is 5.79. The van der Waals surface area contributed by atoms with E-state index in [1.165, 1.54) is 0 Å². The summed E-state index contributed by atoms with van der Waals surface area (Å²) in [5.74, 6) is 1.03. The quantitative estimate of drug-likeness (QED) is 0.474. The van der Waals surface area contributed by atoms with E-state index in [0.29, 0.717) is 5.65 Å². The number of nitrogens with zero attached hydrogens (tertiary/aromatic N) is 6. The van der Waals surface area contributed by atoms with E-state index in [1.807, 2.05) is 30.6 Å². The molecule has 8 heteroatoms. The number of likely N-dealkylation sites (N-methyl/N-ethyl adjacent to an activating group) is 1. The smallest absolute Gasteiger partial charge is 0.181 e. The fourth-order valence-corrected chi connectivity index (χ4v) is 4.25. The molecule has 0 amide bonds. The highest BCUT2D eigenvalue weighted by Gasteiger charge is 2.20. The molecule has 1 saturated heterocycles. The minimum absolute atomic E-state index is 0.698. The number of anilines is 1. The maximum Gasteiger partial charge on any atom is 0.181 e. The van der Waals surface area contributed by atoms with E-state index >= 15 is 0 Å². The van der Waals surface area contributed by atoms with Crippen molar-refractivity contribution in [3.63, 3.8) is 0 Å². The molecule has 1 aliphatic rings. The van der Waals surface area contributed by atoms with Crippen LogP contribution in [0.25, 0.3) is 44.5 Å². The van der Waals surface area contributed by atoms with Gasteiger partial charge in [-0.15, -0.1) is 0 Å². The van der Waals surface area contributed by atoms with Crippen LogP contribution in [0, 0.1) is 0 Å². The molecule has 6 rings (SSSR count). The van der Waals surface area contributed by atoms with Crippen molar-refractivity contribution in [1.82, 2.24) is 35.0 Å². The van der Waals surface area contributed by atoms with Crippen molar-refractivity contribution in [3.8, 4) is 22.5 Å². The molecule has 0 unspecified atom stereocenters. The van der Waals surface area contributed by atoms with Gasteiger partial charge in [-0.2, -0.15) is 5.10 Å². The first-order valence-electron chi connectivity index (χ1n) is 10.4. The van der Waals surface area contributed by atoms with Crippen molar-refractivity contribution in [3.05, 3.63) is 55.1 Å². The molecular weight excluding hydrogens is 388 g/mol. The van der Waals surface area contributed by atoms with Gasteiger partial charge in [0.15, 0.2) is 5.65 Å². The average Bonchev–Trinajstić information content (AvgIpc) is 3.43. The lowest BCUT2D eigenvalue weighted by molar-refractivity contribution is 0.312. The molecule has 5 aromatic rings. The van der Waals surface area contributed by atoms with Crippen molar-refractivity contribution < 1.29 is 0 Å². The minimum Gasteiger partial charge on any atom is -0.353 e. The molecule has 0 aliphatic carbocycles. The molecule has 154 valence electrons. The van der Waals surface area contributed by atoms with Crippen LogP contribution >= 0.6 is 0 Å². The highest BCUT2D eigenvalue weighted by atomic mass is 15.3. The molecule has 0 aromatic carbocycles. The van der Waals surface area contributed by atoms with Gasteiger partial charge in [-0.05, 0) is 42.9 Å². The lowest BCUT2D eigenvalue weighted by Gasteiger charge is -2.33. The molecule has 0 spiro atoms. The summed E-state index contributed by atoms with van der Waals surface area (Å²) in [5, 5.41) is 9.71. The Balaban J connectivity index is 1.44. The third-order valence-corrected chi connectivity index (χ3v) is 6.02. The first kappa shape index (κ1) is 18.0. The number of aromatic nitrogens is 6. The number of pyridine rings is 3. The summed E-state index contributed by atoms with van der Waals surface area (Å²) in [7, 11) is 2.16. The Kier molecular flexibility index (Phi) is 4.17. The van der Waals surface area contributed by atoms with Gasteiger partial charge < -0.3 is 14.8 Å². The summed E-state index contributed by atoms with van der Waals surface area (Å²) >= 11 is 0. The molecule has 0 saturated carbocycles. The normalized spacial score (nSPS) is 15.2. The molecule has 1 fully saturated rings. The molecule has 6 heterocycles. The maximum atomic E-state index is 4.71. The van der Waals surface area contributed by atoms with Crippen molar-refractivity contribution in [2.75, 3.05) is 38.1 Å². The molecule has 8 nitrogen and oxygen atoms in total. The maximum absolute atomic E-state index is 4.71. The van der Waals surface area contributed by atoms with E-state index < -0.39 is 0 Å². The van der Waals surface area contributed by atoms with Gasteiger partial charge >= 0.3 is 0 Å². The van der Waals surface area contributed by atoms with Gasteiger partial charge in [0.2, 0.25) is 0 Å². The number of aromatic amines is 2. The van der Waals surface area contributed by atoms with Gasteiger partial charge in [-0.1, -0.05) is 0 Å². The Hall–Kier alpha value is -3.78. The number of fused-ring (bicyclic) bond motifs is 2. The van der Waals surface area contributed by atoms with E-state index in [1.54, 1.807) is 12.4 Å². The van der Waals surface area contributed by atoms with E-state index in [2.05, 4.69) is 54.1 Å². The van der Waals surface area contributed by atoms with Gasteiger partial charge in [0, 0.05) is 67.3 Å². The first-order chi connectivity index (χ1) is 15.3. The van der Waals surface area contributed by atoms with Gasteiger partial charge in [0.25, 0.3) is 0 Å². The van der Waals surface area contributed by atoms with Gasteiger partial charge in [-0.25, -0.2) is 9.97 Å². The lowest BCUT2D eigenvalue weighted by atomic mass is 10.1. The largest absolute Gasteiger partial charge is 0.353 e. The average molecular weight is 410 g/mol. The lowest BCUT2D eigenvalue weighted by Crippen LogP contribution is -2.44. The van der Waals surface area contributed by atoms with E-state index in [9.17, 15) is 0 Å². The number of H-pyrrole nitrogens is 2. The number of piperazine rings is 1. The first-order valence-corrected chi connectivity index (χ1v) is 10.4. The molecule has 0 atom stereocenters. The monoisotopic (exact) mass is 410 g/mol. The Bertz CT molecular complexity index is 1360. The molecular formula is C23H22N8. The van der Waals surface area contributed by atoms with Crippen LogP contribution in [-0.4, -0.2) is 68.3 Å². The van der Waals surface area contributed by atoms with E-state index in [0.717, 1.165) is 70.8 Å². The third-order valence-electron chi connectivity index (χ3n) is 6.02. The van der Waals surface area contributed by atoms with Crippen LogP contribution in [0.15, 0.2) is 55.1 Å². The summed E-state index contributed by atoms with van der Waals surface area (Å²) in [6.45, 7) is 4.05. The second kappa shape index (κ2) is 7.17. The summed E-state index contributed by atoms with van der Waals surface area (Å²) in [6, 6.07) is 10.3. The van der Waals surface area contributed by atoms with Crippen LogP contribution in [0.1, 0.15) is 0 Å². The second-order valence-corrected chi connectivity index (χ2v) is 8.00. The predicted molar refractivity (Wildman–Crippen MR) is 122 cm³/mol. The zero-order valence-electron chi connectivity index (χ0n) is 17.2. The molecule has 31 heavy (non-hydrogen) atoms. The topological polar surface area (TPSA) is 89.6 Å². The predicted octanol–water partition coefficient (Wildman–Crippen LogP) is 3.32. The molecule has 5 aromatic heterocycles. The minimum atomic E-state index is 0.698. The SMILES string of the molecule is CN1CCN(c2nccc3[nH]c(-c4[nH]nc5ncc(-c6ccncc6)cc45)cc23)CC1. The molecule has 2 N–H and O–H groups in total. The number of rotatable bonds is 3. The van der Waals surface area contributed by atoms with Crippen molar-refractivity contribution >= 4 is 27.8 Å². The zero-order chi connectivity index (χ0) is 20.8. The highest BCUT2D eigenvalue weighted by Crippen LogP contribution is 2.33. The Morgan fingerprint density at radius 1 is 0.871 bits per heavy atom. The third kappa shape index (κ3) is 3.12. The van der Waals surface area contributed by atoms with E-state index in [-0.39, 0.29) is 0 Å². The fourth-order valence-electron chi connectivity index (χ4n) is 4.25. The standard InChI is InChI=1S/C23H22N8/c1-30-8-10-31(11-9-30)23-17-13-20(27-19(17)4-7-25-23)21-18-12-16(14-26-22(18)29-28-21)15-2-5-24-6-3-15/h2-7,12-14,27H,8-11H2,1H3,(H,26,28,29). The van der Waals surface area contributed by atoms with Gasteiger partial charge in [0.1, 0.15) is 5.82 Å². The van der Waals surface area contributed by atoms with Crippen LogP contribution in [0.4, 0.5) is 5.82 Å². The Morgan fingerprint density at radius 2 is 1.71 bits per heavy atom. The zero-order valence-corrected chi connectivity index (χ0v) is 17.2. The molecule has 1 aliphatic heterocycles. The summed E-state index contributed by atoms with van der Waals surface area (Å²) < 4.78 is 0. The fraction of sp³-hybridized carbons (Fsp3) is 0.217. The number of nitrogens with one attached hydrogen (secondary N) is 2. The number of hydrogen-bond donors (Lipinski definition) is 2. The highest BCUT2D eigenvalue weighted by molar-refractivity contribution is 5.99. The van der Waals surface area contributed by atoms with Crippen LogP contribution in [0.5, 0.6) is 0 Å². The van der Waals surface area contributed by atoms with Crippen LogP contribution in [-0.2, 0) is 0 Å². The van der Waals surface area contributed by atoms with Crippen molar-refractivity contribution in [1.29, 1.82) is 0 Å². The van der Waals surface area contributed by atoms with E-state index in [4.69, 9.17) is 4.98 Å². The summed E-state index contributed by atoms with van der Waals surface area (Å²) in [4.78, 5) is 21.6. The second-order valence-electron chi connectivity index (χ2n) is 8.00. The van der Waals surface area contributed by atoms with Gasteiger partial charge in [0.05, 0.1) is 16.9 Å². The summed E-state index contributed by atoms with van der Waals surface area (Å²) in [6.07, 6.45) is 7.31. The Morgan fingerprint density at radius 3 is 2.55 bits per heavy atom. The van der Waals surface area contributed by atoms with Crippen LogP contribution in [0.2, 0.25) is 0 Å². The van der Waals surface area contributed by atoms with Gasteiger partial charge in [-0.3, -0.25) is 10.1 Å². The van der Waals surface area contributed by atoms with Crippen molar-refractivity contribution in [2.45, 2.75) is 0 Å². The number of hydrogen-bond acceptors (Lipinski definition) is 6. The Labute approximate surface area is 179 Å². The van der Waals surface area contributed by atoms with Crippen LogP contribution in [0.3, 0.4) is 0 Å². The van der Waals surface area contributed by atoms with Crippen molar-refractivity contribution in [2.24, 2.45) is 0 Å². The molecule has 0 bridgehead atoms.